The molecular formula is C25H41N3O6S. The maximum absolute atomic E-state index is 13.7. The van der Waals surface area contributed by atoms with Crippen LogP contribution in [0.5, 0.6) is 5.75 Å². The number of thioether (sulfide) groups is 1. The van der Waals surface area contributed by atoms with Crippen molar-refractivity contribution in [3.63, 3.8) is 0 Å². The van der Waals surface area contributed by atoms with Crippen LogP contribution in [0.25, 0.3) is 0 Å². The summed E-state index contributed by atoms with van der Waals surface area (Å²) in [6.45, 7) is 7.08. The summed E-state index contributed by atoms with van der Waals surface area (Å²) in [5.74, 6) is -0.581. The first-order chi connectivity index (χ1) is 16.6. The first kappa shape index (κ1) is 30.6. The number of aliphatic hydroxyl groups excluding tert-OH is 1. The van der Waals surface area contributed by atoms with Crippen LogP contribution >= 0.6 is 11.8 Å². The molecule has 0 aliphatic heterocycles. The number of benzene rings is 1. The van der Waals surface area contributed by atoms with E-state index in [9.17, 15) is 24.6 Å². The van der Waals surface area contributed by atoms with E-state index in [4.69, 9.17) is 4.74 Å². The molecule has 9 nitrogen and oxygen atoms in total. The van der Waals surface area contributed by atoms with Crippen LogP contribution < -0.4 is 10.6 Å². The fraction of sp³-hybridized carbons (Fsp3) is 0.640. The number of aliphatic hydroxyl groups is 1. The zero-order valence-corrected chi connectivity index (χ0v) is 22.3. The van der Waals surface area contributed by atoms with E-state index in [1.165, 1.54) is 22.7 Å². The first-order valence-corrected chi connectivity index (χ1v) is 13.4. The van der Waals surface area contributed by atoms with Crippen LogP contribution in [0.2, 0.25) is 0 Å². The van der Waals surface area contributed by atoms with E-state index in [-0.39, 0.29) is 17.9 Å². The number of phenolic OH excluding ortho intramolecular Hbond substituents is 1. The molecule has 4 N–H and O–H groups in total. The summed E-state index contributed by atoms with van der Waals surface area (Å²) in [5, 5.41) is 25.8. The topological polar surface area (TPSA) is 128 Å². The van der Waals surface area contributed by atoms with Crippen molar-refractivity contribution in [2.45, 2.75) is 71.1 Å². The number of carbonyl (C=O) groups is 3. The zero-order chi connectivity index (χ0) is 26.4. The highest BCUT2D eigenvalue weighted by atomic mass is 32.2. The number of carbonyl (C=O) groups excluding carboxylic acids is 3. The second-order valence-corrected chi connectivity index (χ2v) is 10.2. The number of phenols is 1. The van der Waals surface area contributed by atoms with Crippen LogP contribution in [0.15, 0.2) is 24.3 Å². The Hall–Kier alpha value is -2.46. The molecule has 1 aromatic rings. The van der Waals surface area contributed by atoms with Crippen LogP contribution in [0.4, 0.5) is 4.79 Å². The standard InChI is InChI=1S/C25H41N3O6S/c1-6-7-10-14-26-22(31)21(18-11-8-9-12-20(18)30)28(15-16-29)23(32)19(13-17-35-5)27-24(33)34-25(2,3)4/h8-9,11-12,19,21,29-30H,6-7,10,13-17H2,1-5H3,(H,26,31)(H,27,33). The van der Waals surface area contributed by atoms with Crippen LogP contribution in [0.1, 0.15) is 65.0 Å². The molecule has 1 aromatic carbocycles. The summed E-state index contributed by atoms with van der Waals surface area (Å²) in [6, 6.07) is 4.14. The predicted molar refractivity (Wildman–Crippen MR) is 138 cm³/mol. The number of alkyl carbamates (subject to hydrolysis) is 1. The van der Waals surface area contributed by atoms with Gasteiger partial charge in [-0.15, -0.1) is 0 Å². The summed E-state index contributed by atoms with van der Waals surface area (Å²) in [7, 11) is 0. The van der Waals surface area contributed by atoms with Gasteiger partial charge in [-0.2, -0.15) is 11.8 Å². The van der Waals surface area contributed by atoms with Crippen LogP contribution in [-0.4, -0.2) is 76.4 Å². The molecule has 198 valence electrons. The van der Waals surface area contributed by atoms with Crippen molar-refractivity contribution in [3.05, 3.63) is 29.8 Å². The largest absolute Gasteiger partial charge is 0.508 e. The van der Waals surface area contributed by atoms with Gasteiger partial charge in [0, 0.05) is 18.7 Å². The highest BCUT2D eigenvalue weighted by Gasteiger charge is 2.36. The molecule has 2 unspecified atom stereocenters. The minimum atomic E-state index is -1.19. The van der Waals surface area contributed by atoms with E-state index in [0.717, 1.165) is 19.3 Å². The summed E-state index contributed by atoms with van der Waals surface area (Å²) in [6.07, 6.45) is 4.14. The van der Waals surface area contributed by atoms with Crippen molar-refractivity contribution in [1.29, 1.82) is 0 Å². The van der Waals surface area contributed by atoms with Crippen molar-refractivity contribution in [2.75, 3.05) is 31.7 Å². The van der Waals surface area contributed by atoms with E-state index in [1.54, 1.807) is 39.0 Å². The molecule has 0 fully saturated rings. The van der Waals surface area contributed by atoms with Crippen molar-refractivity contribution < 1.29 is 29.3 Å². The molecule has 0 spiro atoms. The fourth-order valence-corrected chi connectivity index (χ4v) is 3.94. The molecule has 0 radical (unpaired) electrons. The fourth-order valence-electron chi connectivity index (χ4n) is 3.47. The van der Waals surface area contributed by atoms with Gasteiger partial charge in [0.2, 0.25) is 11.8 Å². The zero-order valence-electron chi connectivity index (χ0n) is 21.5. The Morgan fingerprint density at radius 1 is 1.17 bits per heavy atom. The van der Waals surface area contributed by atoms with Gasteiger partial charge in [0.05, 0.1) is 6.61 Å². The van der Waals surface area contributed by atoms with E-state index in [2.05, 4.69) is 17.6 Å². The molecule has 0 heterocycles. The maximum atomic E-state index is 13.7. The quantitative estimate of drug-likeness (QED) is 0.282. The second-order valence-electron chi connectivity index (χ2n) is 9.20. The van der Waals surface area contributed by atoms with Gasteiger partial charge in [-0.05, 0) is 51.7 Å². The molecular weight excluding hydrogens is 470 g/mol. The van der Waals surface area contributed by atoms with Crippen molar-refractivity contribution in [3.8, 4) is 5.75 Å². The number of nitrogens with one attached hydrogen (secondary N) is 2. The summed E-state index contributed by atoms with van der Waals surface area (Å²) in [4.78, 5) is 40.7. The normalized spacial score (nSPS) is 13.0. The van der Waals surface area contributed by atoms with Gasteiger partial charge < -0.3 is 30.5 Å². The Morgan fingerprint density at radius 2 is 1.86 bits per heavy atom. The molecule has 0 saturated heterocycles. The number of unbranched alkanes of at least 4 members (excludes halogenated alkanes) is 2. The first-order valence-electron chi connectivity index (χ1n) is 12.0. The van der Waals surface area contributed by atoms with Gasteiger partial charge in [0.1, 0.15) is 23.4 Å². The van der Waals surface area contributed by atoms with Crippen LogP contribution in [0, 0.1) is 0 Å². The molecule has 35 heavy (non-hydrogen) atoms. The SMILES string of the molecule is CCCCCNC(=O)C(c1ccccc1O)N(CCO)C(=O)C(CCSC)NC(=O)OC(C)(C)C. The van der Waals surface area contributed by atoms with Gasteiger partial charge in [0.15, 0.2) is 0 Å². The minimum Gasteiger partial charge on any atom is -0.508 e. The third kappa shape index (κ3) is 10.8. The minimum absolute atomic E-state index is 0.141. The lowest BCUT2D eigenvalue weighted by Crippen LogP contribution is -2.54. The number of para-hydroxylation sites is 1. The molecule has 0 bridgehead atoms. The molecule has 0 aliphatic rings. The number of aromatic hydroxyl groups is 1. The van der Waals surface area contributed by atoms with Gasteiger partial charge in [-0.1, -0.05) is 38.0 Å². The highest BCUT2D eigenvalue weighted by molar-refractivity contribution is 7.98. The van der Waals surface area contributed by atoms with Crippen molar-refractivity contribution in [1.82, 2.24) is 15.5 Å². The number of hydrogen-bond acceptors (Lipinski definition) is 7. The lowest BCUT2D eigenvalue weighted by atomic mass is 10.0. The van der Waals surface area contributed by atoms with Gasteiger partial charge >= 0.3 is 6.09 Å². The Labute approximate surface area is 213 Å². The average molecular weight is 512 g/mol. The smallest absolute Gasteiger partial charge is 0.408 e. The number of amides is 3. The molecule has 0 saturated carbocycles. The van der Waals surface area contributed by atoms with E-state index < -0.39 is 42.2 Å². The van der Waals surface area contributed by atoms with Gasteiger partial charge in [-0.25, -0.2) is 4.79 Å². The lowest BCUT2D eigenvalue weighted by Gasteiger charge is -2.34. The van der Waals surface area contributed by atoms with E-state index in [0.29, 0.717) is 18.7 Å². The van der Waals surface area contributed by atoms with E-state index in [1.807, 2.05) is 6.26 Å². The van der Waals surface area contributed by atoms with Gasteiger partial charge in [0.25, 0.3) is 0 Å². The number of rotatable bonds is 14. The third-order valence-electron chi connectivity index (χ3n) is 5.09. The number of hydrogen-bond donors (Lipinski definition) is 4. The Balaban J connectivity index is 3.33. The maximum Gasteiger partial charge on any atom is 0.408 e. The second kappa shape index (κ2) is 15.5. The Bertz CT molecular complexity index is 815. The molecule has 1 rings (SSSR count). The van der Waals surface area contributed by atoms with Crippen LogP contribution in [0.3, 0.4) is 0 Å². The number of nitrogens with zero attached hydrogens (tertiary/aromatic N) is 1. The predicted octanol–water partition coefficient (Wildman–Crippen LogP) is 3.21. The summed E-state index contributed by atoms with van der Waals surface area (Å²) in [5.41, 5.74) is -0.512. The molecule has 0 aromatic heterocycles. The lowest BCUT2D eigenvalue weighted by molar-refractivity contribution is -0.143. The van der Waals surface area contributed by atoms with Gasteiger partial charge in [-0.3, -0.25) is 9.59 Å². The molecule has 2 atom stereocenters. The van der Waals surface area contributed by atoms with Crippen molar-refractivity contribution >= 4 is 29.7 Å². The molecule has 10 heteroatoms. The highest BCUT2D eigenvalue weighted by Crippen LogP contribution is 2.30. The number of ether oxygens (including phenoxy) is 1. The summed E-state index contributed by atoms with van der Waals surface area (Å²) >= 11 is 1.51. The summed E-state index contributed by atoms with van der Waals surface area (Å²) < 4.78 is 5.33. The molecule has 3 amide bonds. The van der Waals surface area contributed by atoms with Crippen molar-refractivity contribution in [2.24, 2.45) is 0 Å². The Kier molecular flexibility index (Phi) is 13.6. The monoisotopic (exact) mass is 511 g/mol. The van der Waals surface area contributed by atoms with Crippen LogP contribution in [-0.2, 0) is 14.3 Å². The Morgan fingerprint density at radius 3 is 2.43 bits per heavy atom. The molecule has 0 aliphatic carbocycles. The van der Waals surface area contributed by atoms with E-state index >= 15 is 0 Å². The average Bonchev–Trinajstić information content (AvgIpc) is 2.78. The third-order valence-corrected chi connectivity index (χ3v) is 5.74.